The molecule has 2 rings (SSSR count). The van der Waals surface area contributed by atoms with E-state index >= 15 is 0 Å². The van der Waals surface area contributed by atoms with Crippen molar-refractivity contribution in [1.82, 2.24) is 0 Å². The second-order valence-corrected chi connectivity index (χ2v) is 5.31. The summed E-state index contributed by atoms with van der Waals surface area (Å²) in [5.74, 6) is 0.697. The molecule has 2 aromatic rings. The van der Waals surface area contributed by atoms with Crippen molar-refractivity contribution in [1.29, 1.82) is 0 Å². The standard InChI is InChI=1S/C17H19ClFNO/c18-16-5-1-2-6-17(16)21-11-3-4-14(12-20)13-7-9-15(19)10-8-13/h1-2,5-10,14H,3-4,11-12,20H2. The highest BCUT2D eigenvalue weighted by Crippen LogP contribution is 2.24. The molecule has 1 unspecified atom stereocenters. The van der Waals surface area contributed by atoms with Gasteiger partial charge in [0.25, 0.3) is 0 Å². The Labute approximate surface area is 129 Å². The largest absolute Gasteiger partial charge is 0.492 e. The summed E-state index contributed by atoms with van der Waals surface area (Å²) >= 11 is 6.02. The summed E-state index contributed by atoms with van der Waals surface area (Å²) in [7, 11) is 0. The molecule has 0 heterocycles. The van der Waals surface area contributed by atoms with Gasteiger partial charge >= 0.3 is 0 Å². The summed E-state index contributed by atoms with van der Waals surface area (Å²) in [6, 6.07) is 13.9. The van der Waals surface area contributed by atoms with E-state index in [1.54, 1.807) is 18.2 Å². The van der Waals surface area contributed by atoms with Gasteiger partial charge in [0.05, 0.1) is 11.6 Å². The van der Waals surface area contributed by atoms with Crippen LogP contribution < -0.4 is 10.5 Å². The maximum absolute atomic E-state index is 12.9. The lowest BCUT2D eigenvalue weighted by Gasteiger charge is -2.15. The van der Waals surface area contributed by atoms with Crippen LogP contribution in [0, 0.1) is 5.82 Å². The van der Waals surface area contributed by atoms with E-state index in [9.17, 15) is 4.39 Å². The molecular formula is C17H19ClFNO. The van der Waals surface area contributed by atoms with Gasteiger partial charge in [-0.1, -0.05) is 35.9 Å². The fourth-order valence-electron chi connectivity index (χ4n) is 2.23. The number of benzene rings is 2. The zero-order chi connectivity index (χ0) is 15.1. The summed E-state index contributed by atoms with van der Waals surface area (Å²) in [5, 5.41) is 0.617. The summed E-state index contributed by atoms with van der Waals surface area (Å²) in [6.07, 6.45) is 1.76. The van der Waals surface area contributed by atoms with Gasteiger partial charge in [-0.15, -0.1) is 0 Å². The first kappa shape index (κ1) is 15.8. The minimum Gasteiger partial charge on any atom is -0.492 e. The van der Waals surface area contributed by atoms with Crippen LogP contribution in [0.15, 0.2) is 48.5 Å². The van der Waals surface area contributed by atoms with Gasteiger partial charge < -0.3 is 10.5 Å². The molecule has 0 spiro atoms. The molecule has 2 nitrogen and oxygen atoms in total. The minimum atomic E-state index is -0.225. The lowest BCUT2D eigenvalue weighted by molar-refractivity contribution is 0.302. The van der Waals surface area contributed by atoms with Crippen LogP contribution in [-0.4, -0.2) is 13.2 Å². The number of rotatable bonds is 7. The van der Waals surface area contributed by atoms with E-state index in [1.807, 2.05) is 18.2 Å². The van der Waals surface area contributed by atoms with Crippen molar-refractivity contribution in [3.63, 3.8) is 0 Å². The van der Waals surface area contributed by atoms with E-state index in [0.29, 0.717) is 23.9 Å². The van der Waals surface area contributed by atoms with E-state index in [0.717, 1.165) is 18.4 Å². The first-order valence-corrected chi connectivity index (χ1v) is 7.41. The van der Waals surface area contributed by atoms with Crippen LogP contribution in [-0.2, 0) is 0 Å². The minimum absolute atomic E-state index is 0.223. The van der Waals surface area contributed by atoms with Gasteiger partial charge in [-0.25, -0.2) is 4.39 Å². The fourth-order valence-corrected chi connectivity index (χ4v) is 2.42. The van der Waals surface area contributed by atoms with Crippen molar-refractivity contribution >= 4 is 11.6 Å². The molecule has 0 saturated carbocycles. The Bertz CT molecular complexity index is 559. The molecule has 0 aromatic heterocycles. The average Bonchev–Trinajstić information content (AvgIpc) is 2.50. The molecule has 0 radical (unpaired) electrons. The van der Waals surface area contributed by atoms with Crippen LogP contribution in [0.3, 0.4) is 0 Å². The molecule has 0 saturated heterocycles. The Kier molecular flexibility index (Phi) is 6.03. The van der Waals surface area contributed by atoms with Crippen LogP contribution in [0.4, 0.5) is 4.39 Å². The number of hydrogen-bond donors (Lipinski definition) is 1. The third-order valence-electron chi connectivity index (χ3n) is 3.42. The molecule has 21 heavy (non-hydrogen) atoms. The second kappa shape index (κ2) is 8.01. The van der Waals surface area contributed by atoms with Crippen molar-refractivity contribution in [2.24, 2.45) is 5.73 Å². The molecule has 1 atom stereocenters. The monoisotopic (exact) mass is 307 g/mol. The average molecular weight is 308 g/mol. The maximum Gasteiger partial charge on any atom is 0.137 e. The lowest BCUT2D eigenvalue weighted by atomic mass is 9.94. The fraction of sp³-hybridized carbons (Fsp3) is 0.294. The Morgan fingerprint density at radius 1 is 1.10 bits per heavy atom. The number of ether oxygens (including phenoxy) is 1. The van der Waals surface area contributed by atoms with Gasteiger partial charge in [0.15, 0.2) is 0 Å². The summed E-state index contributed by atoms with van der Waals surface area (Å²) < 4.78 is 18.6. The predicted octanol–water partition coefficient (Wildman–Crippen LogP) is 4.38. The zero-order valence-electron chi connectivity index (χ0n) is 11.8. The smallest absolute Gasteiger partial charge is 0.137 e. The Balaban J connectivity index is 1.81. The summed E-state index contributed by atoms with van der Waals surface area (Å²) in [5.41, 5.74) is 6.87. The van der Waals surface area contributed by atoms with Crippen molar-refractivity contribution in [3.05, 3.63) is 64.9 Å². The van der Waals surface area contributed by atoms with E-state index in [2.05, 4.69) is 0 Å². The van der Waals surface area contributed by atoms with Crippen molar-refractivity contribution in [2.75, 3.05) is 13.2 Å². The molecule has 0 fully saturated rings. The zero-order valence-corrected chi connectivity index (χ0v) is 12.5. The van der Waals surface area contributed by atoms with Crippen molar-refractivity contribution in [2.45, 2.75) is 18.8 Å². The first-order chi connectivity index (χ1) is 10.2. The van der Waals surface area contributed by atoms with Crippen LogP contribution in [0.25, 0.3) is 0 Å². The third-order valence-corrected chi connectivity index (χ3v) is 3.73. The van der Waals surface area contributed by atoms with Crippen molar-refractivity contribution < 1.29 is 9.13 Å². The Morgan fingerprint density at radius 3 is 2.48 bits per heavy atom. The molecule has 0 aliphatic rings. The second-order valence-electron chi connectivity index (χ2n) is 4.91. The number of para-hydroxylation sites is 1. The summed E-state index contributed by atoms with van der Waals surface area (Å²) in [4.78, 5) is 0. The van der Waals surface area contributed by atoms with Gasteiger partial charge in [-0.2, -0.15) is 0 Å². The van der Waals surface area contributed by atoms with Crippen molar-refractivity contribution in [3.8, 4) is 5.75 Å². The highest BCUT2D eigenvalue weighted by atomic mass is 35.5. The van der Waals surface area contributed by atoms with Crippen LogP contribution in [0.5, 0.6) is 5.75 Å². The molecule has 2 aromatic carbocycles. The third kappa shape index (κ3) is 4.73. The molecule has 0 amide bonds. The quantitative estimate of drug-likeness (QED) is 0.770. The van der Waals surface area contributed by atoms with Crippen LogP contribution >= 0.6 is 11.6 Å². The van der Waals surface area contributed by atoms with Gasteiger partial charge in [0.2, 0.25) is 0 Å². The van der Waals surface area contributed by atoms with E-state index in [4.69, 9.17) is 22.1 Å². The molecule has 112 valence electrons. The highest BCUT2D eigenvalue weighted by molar-refractivity contribution is 6.32. The number of hydrogen-bond acceptors (Lipinski definition) is 2. The molecule has 4 heteroatoms. The van der Waals surface area contributed by atoms with Gasteiger partial charge in [0.1, 0.15) is 11.6 Å². The van der Waals surface area contributed by atoms with E-state index < -0.39 is 0 Å². The summed E-state index contributed by atoms with van der Waals surface area (Å²) in [6.45, 7) is 1.12. The topological polar surface area (TPSA) is 35.2 Å². The normalized spacial score (nSPS) is 12.1. The first-order valence-electron chi connectivity index (χ1n) is 7.03. The lowest BCUT2D eigenvalue weighted by Crippen LogP contribution is -2.13. The van der Waals surface area contributed by atoms with Crippen LogP contribution in [0.1, 0.15) is 24.3 Å². The molecule has 0 bridgehead atoms. The predicted molar refractivity (Wildman–Crippen MR) is 84.4 cm³/mol. The van der Waals surface area contributed by atoms with E-state index in [1.165, 1.54) is 12.1 Å². The highest BCUT2D eigenvalue weighted by Gasteiger charge is 2.10. The number of nitrogens with two attached hydrogens (primary N) is 1. The molecule has 2 N–H and O–H groups in total. The van der Waals surface area contributed by atoms with Gasteiger partial charge in [-0.05, 0) is 55.1 Å². The molecule has 0 aliphatic heterocycles. The van der Waals surface area contributed by atoms with Crippen LogP contribution in [0.2, 0.25) is 5.02 Å². The van der Waals surface area contributed by atoms with Gasteiger partial charge in [-0.3, -0.25) is 0 Å². The van der Waals surface area contributed by atoms with Gasteiger partial charge in [0, 0.05) is 0 Å². The SMILES string of the molecule is NCC(CCCOc1ccccc1Cl)c1ccc(F)cc1. The Morgan fingerprint density at radius 2 is 1.81 bits per heavy atom. The molecule has 0 aliphatic carbocycles. The maximum atomic E-state index is 12.9. The Hall–Kier alpha value is -1.58. The molecular weight excluding hydrogens is 289 g/mol. The van der Waals surface area contributed by atoms with E-state index in [-0.39, 0.29) is 11.7 Å². The number of halogens is 2.